The van der Waals surface area contributed by atoms with Crippen molar-refractivity contribution in [2.75, 3.05) is 0 Å². The van der Waals surface area contributed by atoms with Gasteiger partial charge in [-0.3, -0.25) is 4.79 Å². The van der Waals surface area contributed by atoms with Crippen LogP contribution in [0.15, 0.2) is 0 Å². The molecule has 0 amide bonds. The maximum Gasteiger partial charge on any atom is 0.306 e. The molecule has 17 heavy (non-hydrogen) atoms. The third-order valence-corrected chi connectivity index (χ3v) is 3.95. The topological polar surface area (TPSA) is 37.3 Å². The molecule has 100 valence electrons. The van der Waals surface area contributed by atoms with Crippen LogP contribution < -0.4 is 0 Å². The van der Waals surface area contributed by atoms with Gasteiger partial charge in [0.05, 0.1) is 5.92 Å². The molecule has 0 saturated heterocycles. The van der Waals surface area contributed by atoms with Gasteiger partial charge in [0.25, 0.3) is 0 Å². The fourth-order valence-corrected chi connectivity index (χ4v) is 2.76. The van der Waals surface area contributed by atoms with Crippen molar-refractivity contribution in [3.05, 3.63) is 0 Å². The number of carboxylic acid groups (broad SMARTS) is 1. The van der Waals surface area contributed by atoms with Gasteiger partial charge in [0, 0.05) is 0 Å². The first-order valence-electron chi connectivity index (χ1n) is 7.53. The zero-order valence-electron chi connectivity index (χ0n) is 11.1. The summed E-state index contributed by atoms with van der Waals surface area (Å²) in [5, 5.41) is 9.14. The molecule has 0 spiro atoms. The molecular weight excluding hydrogens is 212 g/mol. The fourth-order valence-electron chi connectivity index (χ4n) is 2.76. The third-order valence-electron chi connectivity index (χ3n) is 3.95. The molecule has 0 atom stereocenters. The summed E-state index contributed by atoms with van der Waals surface area (Å²) >= 11 is 0. The number of carboxylic acids is 1. The van der Waals surface area contributed by atoms with Crippen LogP contribution in [0.25, 0.3) is 0 Å². The second-order valence-electron chi connectivity index (χ2n) is 5.50. The first-order valence-corrected chi connectivity index (χ1v) is 7.53. The van der Waals surface area contributed by atoms with Crippen LogP contribution >= 0.6 is 0 Å². The summed E-state index contributed by atoms with van der Waals surface area (Å²) in [5.41, 5.74) is 0. The van der Waals surface area contributed by atoms with Gasteiger partial charge in [-0.15, -0.1) is 0 Å². The Kier molecular flexibility index (Phi) is 8.12. The van der Waals surface area contributed by atoms with E-state index in [-0.39, 0.29) is 5.92 Å². The first kappa shape index (κ1) is 14.5. The minimum atomic E-state index is -0.572. The van der Waals surface area contributed by atoms with Crippen LogP contribution in [0.2, 0.25) is 0 Å². The molecule has 0 aromatic carbocycles. The second-order valence-corrected chi connectivity index (χ2v) is 5.50. The number of rotatable bonds is 1. The Morgan fingerprint density at radius 1 is 0.647 bits per heavy atom. The predicted molar refractivity (Wildman–Crippen MR) is 71.1 cm³/mol. The van der Waals surface area contributed by atoms with Gasteiger partial charge < -0.3 is 5.11 Å². The summed E-state index contributed by atoms with van der Waals surface area (Å²) in [7, 11) is 0. The average molecular weight is 240 g/mol. The lowest BCUT2D eigenvalue weighted by Gasteiger charge is -2.12. The van der Waals surface area contributed by atoms with Crippen molar-refractivity contribution >= 4 is 5.97 Å². The van der Waals surface area contributed by atoms with E-state index in [2.05, 4.69) is 0 Å². The maximum atomic E-state index is 11.1. The average Bonchev–Trinajstić information content (AvgIpc) is 2.31. The Labute approximate surface area is 106 Å². The standard InChI is InChI=1S/C15H28O2/c16-15(17)14-12-10-8-6-4-2-1-3-5-7-9-11-13-14/h14H,1-13H2,(H,16,17). The highest BCUT2D eigenvalue weighted by molar-refractivity contribution is 5.69. The molecular formula is C15H28O2. The zero-order valence-corrected chi connectivity index (χ0v) is 11.1. The number of aliphatic carboxylic acids is 1. The van der Waals surface area contributed by atoms with E-state index < -0.39 is 5.97 Å². The summed E-state index contributed by atoms with van der Waals surface area (Å²) in [5.74, 6) is -0.643. The van der Waals surface area contributed by atoms with E-state index in [0.717, 1.165) is 25.7 Å². The lowest BCUT2D eigenvalue weighted by Crippen LogP contribution is -2.13. The minimum absolute atomic E-state index is 0.0714. The molecule has 1 saturated carbocycles. The molecule has 1 N–H and O–H groups in total. The van der Waals surface area contributed by atoms with Crippen molar-refractivity contribution in [1.82, 2.24) is 0 Å². The molecule has 1 rings (SSSR count). The lowest BCUT2D eigenvalue weighted by molar-refractivity contribution is -0.142. The first-order chi connectivity index (χ1) is 8.30. The summed E-state index contributed by atoms with van der Waals surface area (Å²) in [6, 6.07) is 0. The van der Waals surface area contributed by atoms with Crippen LogP contribution in [-0.4, -0.2) is 11.1 Å². The highest BCUT2D eigenvalue weighted by Crippen LogP contribution is 2.20. The molecule has 0 heterocycles. The van der Waals surface area contributed by atoms with Crippen LogP contribution in [0, 0.1) is 5.92 Å². The highest BCUT2D eigenvalue weighted by Gasteiger charge is 2.16. The van der Waals surface area contributed by atoms with E-state index >= 15 is 0 Å². The molecule has 2 heteroatoms. The number of hydrogen-bond donors (Lipinski definition) is 1. The molecule has 1 fully saturated rings. The maximum absolute atomic E-state index is 11.1. The van der Waals surface area contributed by atoms with E-state index in [1.54, 1.807) is 0 Å². The Morgan fingerprint density at radius 2 is 0.941 bits per heavy atom. The van der Waals surface area contributed by atoms with Crippen LogP contribution in [0.1, 0.15) is 83.5 Å². The molecule has 0 aliphatic heterocycles. The molecule has 1 aliphatic rings. The van der Waals surface area contributed by atoms with Gasteiger partial charge in [0.15, 0.2) is 0 Å². The molecule has 0 unspecified atom stereocenters. The predicted octanol–water partition coefficient (Wildman–Crippen LogP) is 4.77. The van der Waals surface area contributed by atoms with Crippen molar-refractivity contribution < 1.29 is 9.90 Å². The van der Waals surface area contributed by atoms with Crippen molar-refractivity contribution in [3.63, 3.8) is 0 Å². The number of hydrogen-bond acceptors (Lipinski definition) is 1. The monoisotopic (exact) mass is 240 g/mol. The Balaban J connectivity index is 2.26. The lowest BCUT2D eigenvalue weighted by atomic mass is 9.93. The van der Waals surface area contributed by atoms with Crippen LogP contribution in [0.3, 0.4) is 0 Å². The Bertz CT molecular complexity index is 187. The fraction of sp³-hybridized carbons (Fsp3) is 0.933. The minimum Gasteiger partial charge on any atom is -0.481 e. The Hall–Kier alpha value is -0.530. The summed E-state index contributed by atoms with van der Waals surface area (Å²) < 4.78 is 0. The van der Waals surface area contributed by atoms with E-state index in [4.69, 9.17) is 5.11 Å². The van der Waals surface area contributed by atoms with Crippen LogP contribution in [0.4, 0.5) is 0 Å². The van der Waals surface area contributed by atoms with Crippen molar-refractivity contribution in [1.29, 1.82) is 0 Å². The summed E-state index contributed by atoms with van der Waals surface area (Å²) in [6.45, 7) is 0. The Morgan fingerprint density at radius 3 is 1.24 bits per heavy atom. The van der Waals surface area contributed by atoms with Crippen molar-refractivity contribution in [2.45, 2.75) is 83.5 Å². The van der Waals surface area contributed by atoms with E-state index in [9.17, 15) is 4.79 Å². The third kappa shape index (κ3) is 7.40. The molecule has 2 nitrogen and oxygen atoms in total. The second kappa shape index (κ2) is 9.49. The van der Waals surface area contributed by atoms with Gasteiger partial charge in [-0.2, -0.15) is 0 Å². The molecule has 0 aromatic rings. The van der Waals surface area contributed by atoms with Gasteiger partial charge in [0.2, 0.25) is 0 Å². The molecule has 0 bridgehead atoms. The van der Waals surface area contributed by atoms with Crippen LogP contribution in [0.5, 0.6) is 0 Å². The molecule has 1 aliphatic carbocycles. The largest absolute Gasteiger partial charge is 0.481 e. The smallest absolute Gasteiger partial charge is 0.306 e. The van der Waals surface area contributed by atoms with E-state index in [1.807, 2.05) is 0 Å². The molecule has 0 radical (unpaired) electrons. The van der Waals surface area contributed by atoms with Gasteiger partial charge >= 0.3 is 5.97 Å². The van der Waals surface area contributed by atoms with Crippen LogP contribution in [-0.2, 0) is 4.79 Å². The highest BCUT2D eigenvalue weighted by atomic mass is 16.4. The van der Waals surface area contributed by atoms with Gasteiger partial charge in [-0.25, -0.2) is 0 Å². The number of carbonyl (C=O) groups is 1. The zero-order chi connectivity index (χ0) is 12.3. The van der Waals surface area contributed by atoms with E-state index in [0.29, 0.717) is 0 Å². The van der Waals surface area contributed by atoms with Gasteiger partial charge in [0.1, 0.15) is 0 Å². The van der Waals surface area contributed by atoms with Crippen molar-refractivity contribution in [3.8, 4) is 0 Å². The SMILES string of the molecule is O=C(O)C1CCCCCCCCCCCCC1. The quantitative estimate of drug-likeness (QED) is 0.716. The van der Waals surface area contributed by atoms with Gasteiger partial charge in [-0.05, 0) is 12.8 Å². The van der Waals surface area contributed by atoms with E-state index in [1.165, 1.54) is 57.8 Å². The summed E-state index contributed by atoms with van der Waals surface area (Å²) in [4.78, 5) is 11.1. The normalized spacial score (nSPS) is 22.8. The summed E-state index contributed by atoms with van der Waals surface area (Å²) in [6.07, 6.45) is 15.9. The van der Waals surface area contributed by atoms with Crippen molar-refractivity contribution in [2.24, 2.45) is 5.92 Å². The van der Waals surface area contributed by atoms with Gasteiger partial charge in [-0.1, -0.05) is 70.6 Å². The molecule has 0 aromatic heterocycles.